The summed E-state index contributed by atoms with van der Waals surface area (Å²) in [5, 5.41) is 4.53. The number of hydrogen-bond donors (Lipinski definition) is 0. The summed E-state index contributed by atoms with van der Waals surface area (Å²) in [5.74, 6) is -0.372. The number of thiophene rings is 2. The Morgan fingerprint density at radius 2 is 2.00 bits per heavy atom. The summed E-state index contributed by atoms with van der Waals surface area (Å²) in [6.45, 7) is 2.37. The average Bonchev–Trinajstić information content (AvgIpc) is 3.42. The number of rotatable bonds is 6. The molecule has 0 saturated heterocycles. The maximum Gasteiger partial charge on any atom is 0.323 e. The van der Waals surface area contributed by atoms with Crippen molar-refractivity contribution in [3.8, 4) is 10.4 Å². The van der Waals surface area contributed by atoms with Gasteiger partial charge >= 0.3 is 5.97 Å². The van der Waals surface area contributed by atoms with E-state index in [2.05, 4.69) is 0 Å². The molecule has 0 bridgehead atoms. The van der Waals surface area contributed by atoms with Gasteiger partial charge in [0.05, 0.1) is 12.5 Å². The summed E-state index contributed by atoms with van der Waals surface area (Å²) in [5.41, 5.74) is 1.65. The van der Waals surface area contributed by atoms with Gasteiger partial charge in [0.2, 0.25) is 0 Å². The lowest BCUT2D eigenvalue weighted by atomic mass is 10.1. The lowest BCUT2D eigenvalue weighted by molar-refractivity contribution is -0.140. The van der Waals surface area contributed by atoms with Gasteiger partial charge in [-0.15, -0.1) is 22.7 Å². The van der Waals surface area contributed by atoms with Crippen molar-refractivity contribution in [1.82, 2.24) is 9.55 Å². The third-order valence-corrected chi connectivity index (χ3v) is 7.50. The highest BCUT2D eigenvalue weighted by Gasteiger charge is 2.26. The number of thioether (sulfide) groups is 1. The van der Waals surface area contributed by atoms with Crippen LogP contribution in [0.2, 0.25) is 0 Å². The van der Waals surface area contributed by atoms with Crippen LogP contribution >= 0.6 is 34.4 Å². The molecule has 148 valence electrons. The predicted octanol–water partition coefficient (Wildman–Crippen LogP) is 5.21. The Labute approximate surface area is 180 Å². The Morgan fingerprint density at radius 3 is 2.66 bits per heavy atom. The van der Waals surface area contributed by atoms with Crippen molar-refractivity contribution in [1.29, 1.82) is 0 Å². The standard InChI is InChI=1S/C21H18N2O3S3/c1-3-23-19(24)16-14(15-10-7-11-27-15)12-28-18(16)22-21(23)29-17(20(25)26-2)13-8-5-4-6-9-13/h4-12,17H,3H2,1-2H3. The molecule has 0 aliphatic carbocycles. The lowest BCUT2D eigenvalue weighted by Crippen LogP contribution is -2.23. The number of benzene rings is 1. The summed E-state index contributed by atoms with van der Waals surface area (Å²) in [6, 6.07) is 13.4. The second-order valence-corrected chi connectivity index (χ2v) is 9.06. The highest BCUT2D eigenvalue weighted by molar-refractivity contribution is 8.00. The molecule has 0 spiro atoms. The lowest BCUT2D eigenvalue weighted by Gasteiger charge is -2.17. The van der Waals surface area contributed by atoms with Gasteiger partial charge in [-0.25, -0.2) is 4.98 Å². The van der Waals surface area contributed by atoms with Crippen LogP contribution in [-0.2, 0) is 16.1 Å². The van der Waals surface area contributed by atoms with Gasteiger partial charge in [-0.1, -0.05) is 48.2 Å². The molecule has 3 heterocycles. The molecule has 0 fully saturated rings. The largest absolute Gasteiger partial charge is 0.468 e. The molecule has 8 heteroatoms. The van der Waals surface area contributed by atoms with Crippen LogP contribution in [0.4, 0.5) is 0 Å². The first-order chi connectivity index (χ1) is 14.1. The normalized spacial score (nSPS) is 12.2. The van der Waals surface area contributed by atoms with E-state index in [1.54, 1.807) is 15.9 Å². The molecular weight excluding hydrogens is 424 g/mol. The quantitative estimate of drug-likeness (QED) is 0.233. The molecule has 0 N–H and O–H groups in total. The van der Waals surface area contributed by atoms with E-state index in [0.717, 1.165) is 16.0 Å². The fourth-order valence-electron chi connectivity index (χ4n) is 3.08. The molecule has 1 aromatic carbocycles. The van der Waals surface area contributed by atoms with Gasteiger partial charge in [-0.3, -0.25) is 14.2 Å². The number of carbonyl (C=O) groups is 1. The van der Waals surface area contributed by atoms with Crippen molar-refractivity contribution in [3.05, 3.63) is 69.1 Å². The summed E-state index contributed by atoms with van der Waals surface area (Å²) in [7, 11) is 1.37. The van der Waals surface area contributed by atoms with E-state index in [4.69, 9.17) is 9.72 Å². The number of nitrogens with zero attached hydrogens (tertiary/aromatic N) is 2. The van der Waals surface area contributed by atoms with Crippen LogP contribution in [0.25, 0.3) is 20.7 Å². The fraction of sp³-hybridized carbons (Fsp3) is 0.190. The monoisotopic (exact) mass is 442 g/mol. The van der Waals surface area contributed by atoms with Crippen molar-refractivity contribution in [3.63, 3.8) is 0 Å². The Bertz CT molecular complexity index is 1200. The van der Waals surface area contributed by atoms with Gasteiger partial charge in [0, 0.05) is 22.4 Å². The maximum absolute atomic E-state index is 13.3. The second kappa shape index (κ2) is 8.52. The molecule has 5 nitrogen and oxygen atoms in total. The van der Waals surface area contributed by atoms with Crippen molar-refractivity contribution >= 4 is 50.6 Å². The third-order valence-electron chi connectivity index (χ3n) is 4.50. The number of hydrogen-bond acceptors (Lipinski definition) is 7. The zero-order chi connectivity index (χ0) is 20.4. The molecule has 3 aromatic heterocycles. The molecule has 4 rings (SSSR count). The molecule has 0 aliphatic rings. The van der Waals surface area contributed by atoms with Gasteiger partial charge < -0.3 is 4.74 Å². The van der Waals surface area contributed by atoms with E-state index < -0.39 is 5.25 Å². The number of aromatic nitrogens is 2. The Hall–Kier alpha value is -2.42. The summed E-state index contributed by atoms with van der Waals surface area (Å²) >= 11 is 4.30. The minimum atomic E-state index is -0.597. The first-order valence-corrected chi connectivity index (χ1v) is 11.6. The van der Waals surface area contributed by atoms with Crippen LogP contribution in [-0.4, -0.2) is 22.6 Å². The van der Waals surface area contributed by atoms with Crippen LogP contribution in [0, 0.1) is 0 Å². The number of esters is 1. The predicted molar refractivity (Wildman–Crippen MR) is 120 cm³/mol. The average molecular weight is 443 g/mol. The van der Waals surface area contributed by atoms with Crippen LogP contribution < -0.4 is 5.56 Å². The zero-order valence-electron chi connectivity index (χ0n) is 15.8. The van der Waals surface area contributed by atoms with Crippen molar-refractivity contribution in [2.45, 2.75) is 23.9 Å². The van der Waals surface area contributed by atoms with Crippen LogP contribution in [0.1, 0.15) is 17.7 Å². The molecule has 0 saturated carbocycles. The van der Waals surface area contributed by atoms with Crippen molar-refractivity contribution < 1.29 is 9.53 Å². The molecule has 1 atom stereocenters. The van der Waals surface area contributed by atoms with E-state index in [0.29, 0.717) is 21.9 Å². The first-order valence-electron chi connectivity index (χ1n) is 8.99. The minimum Gasteiger partial charge on any atom is -0.468 e. The van der Waals surface area contributed by atoms with E-state index in [1.807, 2.05) is 60.1 Å². The molecular formula is C21H18N2O3S3. The smallest absolute Gasteiger partial charge is 0.323 e. The first kappa shape index (κ1) is 19.9. The summed E-state index contributed by atoms with van der Waals surface area (Å²) < 4.78 is 6.65. The molecule has 0 radical (unpaired) electrons. The highest BCUT2D eigenvalue weighted by atomic mass is 32.2. The van der Waals surface area contributed by atoms with E-state index in [-0.39, 0.29) is 11.5 Å². The molecule has 29 heavy (non-hydrogen) atoms. The van der Waals surface area contributed by atoms with E-state index in [9.17, 15) is 9.59 Å². The fourth-order valence-corrected chi connectivity index (χ4v) is 6.07. The third kappa shape index (κ3) is 3.75. The zero-order valence-corrected chi connectivity index (χ0v) is 18.3. The number of methoxy groups -OCH3 is 1. The summed E-state index contributed by atoms with van der Waals surface area (Å²) in [6.07, 6.45) is 0. The second-order valence-electron chi connectivity index (χ2n) is 6.18. The molecule has 4 aromatic rings. The van der Waals surface area contributed by atoms with Crippen molar-refractivity contribution in [2.75, 3.05) is 7.11 Å². The van der Waals surface area contributed by atoms with Gasteiger partial charge in [-0.05, 0) is 23.9 Å². The minimum absolute atomic E-state index is 0.0821. The van der Waals surface area contributed by atoms with E-state index >= 15 is 0 Å². The van der Waals surface area contributed by atoms with Gasteiger partial charge in [-0.2, -0.15) is 0 Å². The number of ether oxygens (including phenoxy) is 1. The van der Waals surface area contributed by atoms with E-state index in [1.165, 1.54) is 30.2 Å². The van der Waals surface area contributed by atoms with Crippen LogP contribution in [0.5, 0.6) is 0 Å². The van der Waals surface area contributed by atoms with Crippen LogP contribution in [0.3, 0.4) is 0 Å². The molecule has 1 unspecified atom stereocenters. The highest BCUT2D eigenvalue weighted by Crippen LogP contribution is 2.38. The SMILES string of the molecule is CCn1c(SC(C(=O)OC)c2ccccc2)nc2scc(-c3cccs3)c2c1=O. The molecule has 0 amide bonds. The number of fused-ring (bicyclic) bond motifs is 1. The topological polar surface area (TPSA) is 61.2 Å². The van der Waals surface area contributed by atoms with Crippen LogP contribution in [0.15, 0.2) is 63.2 Å². The van der Waals surface area contributed by atoms with Gasteiger partial charge in [0.25, 0.3) is 5.56 Å². The Balaban J connectivity index is 1.83. The Morgan fingerprint density at radius 1 is 1.21 bits per heavy atom. The van der Waals surface area contributed by atoms with Crippen molar-refractivity contribution in [2.24, 2.45) is 0 Å². The number of carbonyl (C=O) groups excluding carboxylic acids is 1. The Kier molecular flexibility index (Phi) is 5.84. The van der Waals surface area contributed by atoms with Gasteiger partial charge in [0.1, 0.15) is 10.1 Å². The van der Waals surface area contributed by atoms with Gasteiger partial charge in [0.15, 0.2) is 5.16 Å². The maximum atomic E-state index is 13.3. The molecule has 0 aliphatic heterocycles. The summed E-state index contributed by atoms with van der Waals surface area (Å²) in [4.78, 5) is 32.3.